The standard InChI is InChI=1S/C8H14N2O3/c1-6(5-11)3-10-4-7(12)9-2-8(10)13/h6,11H,2-5H2,1H3,(H,9,12). The first-order valence-corrected chi connectivity index (χ1v) is 4.29. The Morgan fingerprint density at radius 1 is 1.62 bits per heavy atom. The molecule has 0 saturated carbocycles. The molecule has 1 aliphatic heterocycles. The number of hydrogen-bond acceptors (Lipinski definition) is 3. The van der Waals surface area contributed by atoms with Gasteiger partial charge in [0.05, 0.1) is 13.1 Å². The summed E-state index contributed by atoms with van der Waals surface area (Å²) >= 11 is 0. The van der Waals surface area contributed by atoms with Crippen molar-refractivity contribution in [3.63, 3.8) is 0 Å². The molecule has 0 radical (unpaired) electrons. The number of amides is 2. The number of carbonyl (C=O) groups excluding carboxylic acids is 2. The normalized spacial score (nSPS) is 20.0. The molecule has 0 aromatic carbocycles. The second-order valence-electron chi connectivity index (χ2n) is 3.34. The predicted octanol–water partition coefficient (Wildman–Crippen LogP) is -1.43. The number of rotatable bonds is 3. The summed E-state index contributed by atoms with van der Waals surface area (Å²) in [6, 6.07) is 0. The molecule has 5 heteroatoms. The molecule has 2 N–H and O–H groups in total. The molecule has 0 spiro atoms. The van der Waals surface area contributed by atoms with E-state index in [9.17, 15) is 9.59 Å². The van der Waals surface area contributed by atoms with Crippen LogP contribution in [0.4, 0.5) is 0 Å². The van der Waals surface area contributed by atoms with Crippen molar-refractivity contribution in [2.45, 2.75) is 6.92 Å². The molecule has 1 saturated heterocycles. The van der Waals surface area contributed by atoms with Crippen molar-refractivity contribution in [2.75, 3.05) is 26.2 Å². The van der Waals surface area contributed by atoms with Crippen LogP contribution < -0.4 is 5.32 Å². The van der Waals surface area contributed by atoms with Crippen molar-refractivity contribution < 1.29 is 14.7 Å². The first kappa shape index (κ1) is 9.98. The highest BCUT2D eigenvalue weighted by Crippen LogP contribution is 2.01. The zero-order valence-corrected chi connectivity index (χ0v) is 7.62. The van der Waals surface area contributed by atoms with Crippen LogP contribution in [0.1, 0.15) is 6.92 Å². The van der Waals surface area contributed by atoms with Crippen molar-refractivity contribution in [1.82, 2.24) is 10.2 Å². The Hall–Kier alpha value is -1.10. The molecule has 1 unspecified atom stereocenters. The summed E-state index contributed by atoms with van der Waals surface area (Å²) in [6.45, 7) is 2.51. The van der Waals surface area contributed by atoms with Gasteiger partial charge in [0.25, 0.3) is 0 Å². The summed E-state index contributed by atoms with van der Waals surface area (Å²) in [4.78, 5) is 23.6. The van der Waals surface area contributed by atoms with Gasteiger partial charge in [-0.3, -0.25) is 9.59 Å². The van der Waals surface area contributed by atoms with Crippen molar-refractivity contribution in [1.29, 1.82) is 0 Å². The number of piperazine rings is 1. The Kier molecular flexibility index (Phi) is 3.25. The monoisotopic (exact) mass is 186 g/mol. The Balaban J connectivity index is 2.46. The Morgan fingerprint density at radius 2 is 2.31 bits per heavy atom. The van der Waals surface area contributed by atoms with Crippen LogP contribution >= 0.6 is 0 Å². The molecular formula is C8H14N2O3. The summed E-state index contributed by atoms with van der Waals surface area (Å²) < 4.78 is 0. The molecule has 13 heavy (non-hydrogen) atoms. The van der Waals surface area contributed by atoms with E-state index in [2.05, 4.69) is 5.32 Å². The number of aliphatic hydroxyl groups excluding tert-OH is 1. The SMILES string of the molecule is CC(CO)CN1CC(=O)NCC1=O. The minimum atomic E-state index is -0.135. The van der Waals surface area contributed by atoms with E-state index in [1.165, 1.54) is 4.90 Å². The topological polar surface area (TPSA) is 69.6 Å². The minimum Gasteiger partial charge on any atom is -0.396 e. The average Bonchev–Trinajstić information content (AvgIpc) is 2.11. The highest BCUT2D eigenvalue weighted by Gasteiger charge is 2.23. The average molecular weight is 186 g/mol. The van der Waals surface area contributed by atoms with E-state index in [-0.39, 0.29) is 37.4 Å². The highest BCUT2D eigenvalue weighted by molar-refractivity contribution is 5.92. The maximum absolute atomic E-state index is 11.2. The van der Waals surface area contributed by atoms with Crippen molar-refractivity contribution in [2.24, 2.45) is 5.92 Å². The van der Waals surface area contributed by atoms with Crippen LogP contribution in [0.5, 0.6) is 0 Å². The van der Waals surface area contributed by atoms with Crippen LogP contribution in [-0.2, 0) is 9.59 Å². The van der Waals surface area contributed by atoms with Crippen LogP contribution in [0.2, 0.25) is 0 Å². The van der Waals surface area contributed by atoms with Gasteiger partial charge in [-0.1, -0.05) is 6.92 Å². The fourth-order valence-electron chi connectivity index (χ4n) is 1.20. The summed E-state index contributed by atoms with van der Waals surface area (Å²) in [5, 5.41) is 11.2. The quantitative estimate of drug-likeness (QED) is 0.568. The van der Waals surface area contributed by atoms with Crippen LogP contribution in [0.15, 0.2) is 0 Å². The third-order valence-corrected chi connectivity index (χ3v) is 1.97. The van der Waals surface area contributed by atoms with Crippen molar-refractivity contribution in [3.05, 3.63) is 0 Å². The van der Waals surface area contributed by atoms with Crippen LogP contribution in [0.3, 0.4) is 0 Å². The fraction of sp³-hybridized carbons (Fsp3) is 0.750. The van der Waals surface area contributed by atoms with Gasteiger partial charge in [-0.2, -0.15) is 0 Å². The third kappa shape index (κ3) is 2.69. The highest BCUT2D eigenvalue weighted by atomic mass is 16.3. The maximum Gasteiger partial charge on any atom is 0.242 e. The summed E-state index contributed by atoms with van der Waals surface area (Å²) in [5.41, 5.74) is 0. The molecule has 1 atom stereocenters. The second kappa shape index (κ2) is 4.23. The lowest BCUT2D eigenvalue weighted by atomic mass is 10.1. The summed E-state index contributed by atoms with van der Waals surface area (Å²) in [7, 11) is 0. The number of carbonyl (C=O) groups is 2. The zero-order chi connectivity index (χ0) is 9.84. The lowest BCUT2D eigenvalue weighted by molar-refractivity contribution is -0.141. The molecule has 1 heterocycles. The fourth-order valence-corrected chi connectivity index (χ4v) is 1.20. The largest absolute Gasteiger partial charge is 0.396 e. The van der Waals surface area contributed by atoms with E-state index >= 15 is 0 Å². The summed E-state index contributed by atoms with van der Waals surface area (Å²) in [5.74, 6) is -0.195. The van der Waals surface area contributed by atoms with Gasteiger partial charge in [-0.15, -0.1) is 0 Å². The number of nitrogens with one attached hydrogen (secondary N) is 1. The van der Waals surface area contributed by atoms with Crippen LogP contribution in [-0.4, -0.2) is 48.1 Å². The summed E-state index contributed by atoms with van der Waals surface area (Å²) in [6.07, 6.45) is 0. The molecule has 5 nitrogen and oxygen atoms in total. The molecule has 1 fully saturated rings. The van der Waals surface area contributed by atoms with Gasteiger partial charge in [0, 0.05) is 13.2 Å². The molecule has 2 amide bonds. The maximum atomic E-state index is 11.2. The molecular weight excluding hydrogens is 172 g/mol. The lowest BCUT2D eigenvalue weighted by Crippen LogP contribution is -2.52. The van der Waals surface area contributed by atoms with Crippen molar-refractivity contribution in [3.8, 4) is 0 Å². The Labute approximate surface area is 76.7 Å². The predicted molar refractivity (Wildman–Crippen MR) is 45.8 cm³/mol. The molecule has 0 aromatic rings. The van der Waals surface area contributed by atoms with E-state index in [1.807, 2.05) is 6.92 Å². The Bertz CT molecular complexity index is 217. The van der Waals surface area contributed by atoms with Crippen LogP contribution in [0.25, 0.3) is 0 Å². The number of hydrogen-bond donors (Lipinski definition) is 2. The zero-order valence-electron chi connectivity index (χ0n) is 7.62. The van der Waals surface area contributed by atoms with E-state index < -0.39 is 0 Å². The molecule has 1 rings (SSSR count). The smallest absolute Gasteiger partial charge is 0.242 e. The minimum absolute atomic E-state index is 0.0230. The first-order chi connectivity index (χ1) is 6.13. The number of aliphatic hydroxyl groups is 1. The molecule has 0 aliphatic carbocycles. The number of nitrogens with zero attached hydrogens (tertiary/aromatic N) is 1. The van der Waals surface area contributed by atoms with Gasteiger partial charge in [-0.25, -0.2) is 0 Å². The molecule has 1 aliphatic rings. The van der Waals surface area contributed by atoms with Gasteiger partial charge in [-0.05, 0) is 5.92 Å². The lowest BCUT2D eigenvalue weighted by Gasteiger charge is -2.28. The van der Waals surface area contributed by atoms with Crippen molar-refractivity contribution >= 4 is 11.8 Å². The van der Waals surface area contributed by atoms with Gasteiger partial charge < -0.3 is 15.3 Å². The Morgan fingerprint density at radius 3 is 2.92 bits per heavy atom. The first-order valence-electron chi connectivity index (χ1n) is 4.29. The molecule has 0 bridgehead atoms. The molecule has 74 valence electrons. The van der Waals surface area contributed by atoms with Crippen LogP contribution in [0, 0.1) is 5.92 Å². The molecule has 0 aromatic heterocycles. The third-order valence-electron chi connectivity index (χ3n) is 1.97. The van der Waals surface area contributed by atoms with Gasteiger partial charge >= 0.3 is 0 Å². The van der Waals surface area contributed by atoms with E-state index in [0.29, 0.717) is 6.54 Å². The van der Waals surface area contributed by atoms with Gasteiger partial charge in [0.1, 0.15) is 0 Å². The second-order valence-corrected chi connectivity index (χ2v) is 3.34. The van der Waals surface area contributed by atoms with E-state index in [1.54, 1.807) is 0 Å². The van der Waals surface area contributed by atoms with Gasteiger partial charge in [0.15, 0.2) is 0 Å². The van der Waals surface area contributed by atoms with E-state index in [4.69, 9.17) is 5.11 Å². The van der Waals surface area contributed by atoms with Gasteiger partial charge in [0.2, 0.25) is 11.8 Å². The van der Waals surface area contributed by atoms with E-state index in [0.717, 1.165) is 0 Å².